The molecular formula is C43H49N5O7S. The number of rotatable bonds is 18. The van der Waals surface area contributed by atoms with E-state index in [9.17, 15) is 29.2 Å². The standard InChI is InChI=1S/C43H49N5O7S/c1-2-30-16-19-33(20-17-30)34-21-23-35(24-22-34)39(49)44-26-10-9-15-36(41(51)47-54)45-40(50)37(25-18-31-11-5-3-6-12-31)46-42(52)38-28-56-29-48(38)43(53)55-27-32-13-7-4-8-14-32/h3-8,11-14,16-17,19-24,36-38,54H,2,9-10,15,18,25-29H2,1H3,(H,44,49)(H,45,50)(H,46,52)(H,47,51)/t36-,37-,38-/m0/s1. The fourth-order valence-electron chi connectivity index (χ4n) is 6.28. The number of ether oxygens (including phenoxy) is 1. The van der Waals surface area contributed by atoms with Crippen molar-refractivity contribution in [3.63, 3.8) is 0 Å². The van der Waals surface area contributed by atoms with E-state index in [0.29, 0.717) is 37.1 Å². The first-order valence-corrected chi connectivity index (χ1v) is 20.0. The number of benzene rings is 4. The third-order valence-corrected chi connectivity index (χ3v) is 10.6. The Hall–Kier alpha value is -5.66. The molecule has 4 aromatic rings. The van der Waals surface area contributed by atoms with Crippen LogP contribution < -0.4 is 21.4 Å². The maximum Gasteiger partial charge on any atom is 0.411 e. The summed E-state index contributed by atoms with van der Waals surface area (Å²) in [6.45, 7) is 2.50. The maximum atomic E-state index is 13.7. The lowest BCUT2D eigenvalue weighted by atomic mass is 10.0. The predicted molar refractivity (Wildman–Crippen MR) is 216 cm³/mol. The Kier molecular flexibility index (Phi) is 15.9. The van der Waals surface area contributed by atoms with E-state index >= 15 is 0 Å². The summed E-state index contributed by atoms with van der Waals surface area (Å²) in [5.74, 6) is -1.57. The molecule has 1 aliphatic rings. The highest BCUT2D eigenvalue weighted by Gasteiger charge is 2.37. The maximum absolute atomic E-state index is 13.7. The first kappa shape index (κ1) is 41.5. The number of unbranched alkanes of at least 4 members (excludes halogenated alkanes) is 1. The van der Waals surface area contributed by atoms with Gasteiger partial charge in [0, 0.05) is 17.9 Å². The Bertz CT molecular complexity index is 1900. The molecule has 56 heavy (non-hydrogen) atoms. The average Bonchev–Trinajstić information content (AvgIpc) is 3.75. The van der Waals surface area contributed by atoms with E-state index in [0.717, 1.165) is 28.7 Å². The molecule has 1 fully saturated rings. The number of aryl methyl sites for hydroxylation is 2. The van der Waals surface area contributed by atoms with Gasteiger partial charge in [0.2, 0.25) is 11.8 Å². The average molecular weight is 780 g/mol. The fourth-order valence-corrected chi connectivity index (χ4v) is 7.42. The molecule has 5 N–H and O–H groups in total. The van der Waals surface area contributed by atoms with Crippen molar-refractivity contribution in [3.05, 3.63) is 131 Å². The van der Waals surface area contributed by atoms with Gasteiger partial charge in [0.25, 0.3) is 11.8 Å². The van der Waals surface area contributed by atoms with Crippen molar-refractivity contribution < 1.29 is 33.9 Å². The lowest BCUT2D eigenvalue weighted by molar-refractivity contribution is -0.136. The molecule has 3 atom stereocenters. The zero-order valence-corrected chi connectivity index (χ0v) is 32.3. The summed E-state index contributed by atoms with van der Waals surface area (Å²) in [6, 6.07) is 31.4. The van der Waals surface area contributed by atoms with Crippen molar-refractivity contribution in [1.29, 1.82) is 0 Å². The molecule has 0 aromatic heterocycles. The van der Waals surface area contributed by atoms with Crippen LogP contribution in [0.15, 0.2) is 109 Å². The molecule has 13 heteroatoms. The summed E-state index contributed by atoms with van der Waals surface area (Å²) >= 11 is 1.40. The molecule has 0 unspecified atom stereocenters. The molecule has 0 spiro atoms. The van der Waals surface area contributed by atoms with Gasteiger partial charge in [-0.05, 0) is 78.5 Å². The number of carbonyl (C=O) groups is 5. The van der Waals surface area contributed by atoms with Gasteiger partial charge in [0.1, 0.15) is 24.7 Å². The topological polar surface area (TPSA) is 166 Å². The number of nitrogens with one attached hydrogen (secondary N) is 4. The molecule has 0 aliphatic carbocycles. The zero-order valence-electron chi connectivity index (χ0n) is 31.4. The number of hydrogen-bond acceptors (Lipinski definition) is 8. The first-order chi connectivity index (χ1) is 27.2. The van der Waals surface area contributed by atoms with Crippen molar-refractivity contribution in [1.82, 2.24) is 26.3 Å². The minimum atomic E-state index is -1.11. The van der Waals surface area contributed by atoms with Crippen LogP contribution in [-0.2, 0) is 38.6 Å². The van der Waals surface area contributed by atoms with Crippen molar-refractivity contribution in [2.24, 2.45) is 0 Å². The molecule has 0 saturated carbocycles. The molecule has 0 bridgehead atoms. The Morgan fingerprint density at radius 1 is 0.750 bits per heavy atom. The van der Waals surface area contributed by atoms with Crippen LogP contribution in [0.25, 0.3) is 11.1 Å². The third kappa shape index (κ3) is 12.2. The first-order valence-electron chi connectivity index (χ1n) is 18.9. The van der Waals surface area contributed by atoms with Gasteiger partial charge in [0.15, 0.2) is 0 Å². The van der Waals surface area contributed by atoms with Gasteiger partial charge in [-0.3, -0.25) is 29.3 Å². The quantitative estimate of drug-likeness (QED) is 0.0492. The van der Waals surface area contributed by atoms with E-state index in [2.05, 4.69) is 47.1 Å². The number of carbonyl (C=O) groups excluding carboxylic acids is 5. The van der Waals surface area contributed by atoms with Gasteiger partial charge in [-0.1, -0.05) is 104 Å². The van der Waals surface area contributed by atoms with Crippen molar-refractivity contribution in [2.45, 2.75) is 70.2 Å². The monoisotopic (exact) mass is 779 g/mol. The van der Waals surface area contributed by atoms with Crippen LogP contribution in [0.2, 0.25) is 0 Å². The normalized spacial score (nSPS) is 14.6. The molecule has 12 nitrogen and oxygen atoms in total. The largest absolute Gasteiger partial charge is 0.445 e. The Morgan fingerprint density at radius 3 is 2.02 bits per heavy atom. The Labute approximate surface area is 331 Å². The predicted octanol–water partition coefficient (Wildman–Crippen LogP) is 5.64. The fraction of sp³-hybridized carbons (Fsp3) is 0.326. The number of hydroxylamine groups is 1. The van der Waals surface area contributed by atoms with E-state index in [1.807, 2.05) is 72.8 Å². The molecule has 0 radical (unpaired) electrons. The summed E-state index contributed by atoms with van der Waals surface area (Å²) in [6.07, 6.45) is 2.10. The summed E-state index contributed by atoms with van der Waals surface area (Å²) in [4.78, 5) is 67.2. The van der Waals surface area contributed by atoms with E-state index in [1.54, 1.807) is 17.6 Å². The third-order valence-electron chi connectivity index (χ3n) is 9.61. The highest BCUT2D eigenvalue weighted by Crippen LogP contribution is 2.23. The summed E-state index contributed by atoms with van der Waals surface area (Å²) < 4.78 is 5.48. The van der Waals surface area contributed by atoms with Gasteiger partial charge >= 0.3 is 6.09 Å². The Balaban J connectivity index is 1.14. The van der Waals surface area contributed by atoms with Gasteiger partial charge < -0.3 is 20.7 Å². The molecule has 1 aliphatic heterocycles. The van der Waals surface area contributed by atoms with Crippen LogP contribution in [-0.4, -0.2) is 76.1 Å². The van der Waals surface area contributed by atoms with E-state index in [1.165, 1.54) is 22.2 Å². The van der Waals surface area contributed by atoms with Crippen LogP contribution in [0.1, 0.15) is 59.7 Å². The highest BCUT2D eigenvalue weighted by molar-refractivity contribution is 7.99. The van der Waals surface area contributed by atoms with Crippen LogP contribution in [0, 0.1) is 0 Å². The summed E-state index contributed by atoms with van der Waals surface area (Å²) in [7, 11) is 0. The smallest absolute Gasteiger partial charge is 0.411 e. The van der Waals surface area contributed by atoms with E-state index in [-0.39, 0.29) is 31.2 Å². The van der Waals surface area contributed by atoms with Gasteiger partial charge in [0.05, 0.1) is 5.88 Å². The van der Waals surface area contributed by atoms with Crippen LogP contribution in [0.5, 0.6) is 0 Å². The van der Waals surface area contributed by atoms with Crippen molar-refractivity contribution in [2.75, 3.05) is 18.2 Å². The highest BCUT2D eigenvalue weighted by atomic mass is 32.2. The zero-order chi connectivity index (χ0) is 39.7. The van der Waals surface area contributed by atoms with Crippen LogP contribution in [0.3, 0.4) is 0 Å². The lowest BCUT2D eigenvalue weighted by Crippen LogP contribution is -2.56. The Morgan fingerprint density at radius 2 is 1.38 bits per heavy atom. The van der Waals surface area contributed by atoms with Crippen LogP contribution in [0.4, 0.5) is 4.79 Å². The number of amides is 5. The molecule has 4 aromatic carbocycles. The molecule has 294 valence electrons. The molecule has 5 amide bonds. The van der Waals surface area contributed by atoms with E-state index < -0.39 is 41.9 Å². The minimum absolute atomic E-state index is 0.0563. The summed E-state index contributed by atoms with van der Waals surface area (Å²) in [5, 5.41) is 17.9. The lowest BCUT2D eigenvalue weighted by Gasteiger charge is -2.26. The van der Waals surface area contributed by atoms with Gasteiger partial charge in [-0.15, -0.1) is 11.8 Å². The van der Waals surface area contributed by atoms with Crippen LogP contribution >= 0.6 is 11.8 Å². The minimum Gasteiger partial charge on any atom is -0.445 e. The molecular weight excluding hydrogens is 731 g/mol. The second-order valence-electron chi connectivity index (χ2n) is 13.5. The second kappa shape index (κ2) is 21.4. The van der Waals surface area contributed by atoms with Gasteiger partial charge in [-0.25, -0.2) is 10.3 Å². The number of nitrogens with zero attached hydrogens (tertiary/aromatic N) is 1. The number of thioether (sulfide) groups is 1. The van der Waals surface area contributed by atoms with E-state index in [4.69, 9.17) is 4.74 Å². The second-order valence-corrected chi connectivity index (χ2v) is 14.5. The molecule has 5 rings (SSSR count). The summed E-state index contributed by atoms with van der Waals surface area (Å²) in [5.41, 5.74) is 7.26. The number of hydrogen-bond donors (Lipinski definition) is 5. The molecule has 1 saturated heterocycles. The van der Waals surface area contributed by atoms with Gasteiger partial charge in [-0.2, -0.15) is 0 Å². The van der Waals surface area contributed by atoms with Crippen molar-refractivity contribution in [3.8, 4) is 11.1 Å². The van der Waals surface area contributed by atoms with Crippen molar-refractivity contribution >= 4 is 41.5 Å². The molecule has 1 heterocycles. The SMILES string of the molecule is CCc1ccc(-c2ccc(C(=O)NCCCC[C@H](NC(=O)[C@H](CCc3ccccc3)NC(=O)[C@@H]3CSCN3C(=O)OCc3ccccc3)C(=O)NO)cc2)cc1.